The maximum Gasteiger partial charge on any atom is 0.319 e. The number of aromatic nitrogens is 3. The van der Waals surface area contributed by atoms with Crippen molar-refractivity contribution in [1.29, 1.82) is 0 Å². The van der Waals surface area contributed by atoms with Gasteiger partial charge in [-0.05, 0) is 62.3 Å². The molecule has 6 heterocycles. The lowest BCUT2D eigenvalue weighted by Crippen LogP contribution is -2.51. The molecule has 0 radical (unpaired) electrons. The number of terminal acetylenes is 1. The molecular formula is C39H40F2N6O2. The fraction of sp³-hybridized carbons (Fsp3) is 0.462. The highest BCUT2D eigenvalue weighted by molar-refractivity contribution is 6.02. The van der Waals surface area contributed by atoms with Crippen molar-refractivity contribution in [1.82, 2.24) is 25.2 Å². The van der Waals surface area contributed by atoms with Crippen molar-refractivity contribution in [2.45, 2.75) is 68.6 Å². The topological polar surface area (TPSA) is 75.6 Å². The number of nitrogens with one attached hydrogen (secondary N) is 1. The Balaban J connectivity index is 1.10. The highest BCUT2D eigenvalue weighted by Gasteiger charge is 2.51. The lowest BCUT2D eigenvalue weighted by molar-refractivity contribution is 0.0336. The molecule has 5 aliphatic rings. The van der Waals surface area contributed by atoms with Crippen molar-refractivity contribution < 1.29 is 18.3 Å². The number of hydrogen-bond acceptors (Lipinski definition) is 8. The van der Waals surface area contributed by atoms with E-state index in [-0.39, 0.29) is 28.3 Å². The van der Waals surface area contributed by atoms with Crippen molar-refractivity contribution in [3.63, 3.8) is 0 Å². The van der Waals surface area contributed by atoms with Gasteiger partial charge in [-0.25, -0.2) is 8.78 Å². The molecule has 2 aromatic carbocycles. The van der Waals surface area contributed by atoms with E-state index in [1.807, 2.05) is 6.07 Å². The molecule has 4 aliphatic heterocycles. The molecule has 252 valence electrons. The van der Waals surface area contributed by atoms with E-state index in [4.69, 9.17) is 25.9 Å². The summed E-state index contributed by atoms with van der Waals surface area (Å²) in [5.41, 5.74) is 1.62. The molecule has 8 nitrogen and oxygen atoms in total. The molecule has 0 amide bonds. The van der Waals surface area contributed by atoms with E-state index in [1.54, 1.807) is 24.4 Å². The quantitative estimate of drug-likeness (QED) is 0.173. The van der Waals surface area contributed by atoms with Gasteiger partial charge in [0.05, 0.1) is 23.1 Å². The lowest BCUT2D eigenvalue weighted by Gasteiger charge is -2.35. The van der Waals surface area contributed by atoms with Gasteiger partial charge in [0.2, 0.25) is 0 Å². The van der Waals surface area contributed by atoms with E-state index < -0.39 is 11.6 Å². The van der Waals surface area contributed by atoms with Crippen LogP contribution in [-0.4, -0.2) is 83.0 Å². The molecular weight excluding hydrogens is 622 g/mol. The number of piperazine rings is 1. The fourth-order valence-electron chi connectivity index (χ4n) is 8.78. The summed E-state index contributed by atoms with van der Waals surface area (Å²) in [5.74, 6) is 2.65. The van der Waals surface area contributed by atoms with Gasteiger partial charge in [0.15, 0.2) is 5.82 Å². The summed E-state index contributed by atoms with van der Waals surface area (Å²) in [4.78, 5) is 19.0. The van der Waals surface area contributed by atoms with Crippen LogP contribution < -0.4 is 15.0 Å². The van der Waals surface area contributed by atoms with Crippen LogP contribution in [0.5, 0.6) is 6.01 Å². The van der Waals surface area contributed by atoms with Crippen molar-refractivity contribution >= 4 is 27.5 Å². The lowest BCUT2D eigenvalue weighted by atomic mass is 9.94. The van der Waals surface area contributed by atoms with Crippen LogP contribution in [0.25, 0.3) is 32.9 Å². The van der Waals surface area contributed by atoms with E-state index in [1.165, 1.54) is 24.5 Å². The monoisotopic (exact) mass is 662 g/mol. The Morgan fingerprint density at radius 2 is 1.88 bits per heavy atom. The molecule has 5 fully saturated rings. The summed E-state index contributed by atoms with van der Waals surface area (Å²) in [6.07, 6.45) is 14.9. The molecule has 0 unspecified atom stereocenters. The molecule has 4 saturated heterocycles. The second-order valence-corrected chi connectivity index (χ2v) is 14.8. The summed E-state index contributed by atoms with van der Waals surface area (Å²) in [6.45, 7) is 8.59. The molecule has 4 atom stereocenters. The normalized spacial score (nSPS) is 26.5. The molecule has 1 N–H and O–H groups in total. The van der Waals surface area contributed by atoms with Crippen molar-refractivity contribution in [3.05, 3.63) is 65.9 Å². The summed E-state index contributed by atoms with van der Waals surface area (Å²) in [5, 5.41) is 5.33. The smallest absolute Gasteiger partial charge is 0.319 e. The molecule has 10 heteroatoms. The largest absolute Gasteiger partial charge is 0.461 e. The summed E-state index contributed by atoms with van der Waals surface area (Å²) in [6, 6.07) is 9.46. The molecule has 49 heavy (non-hydrogen) atoms. The Morgan fingerprint density at radius 3 is 2.67 bits per heavy atom. The Hall–Kier alpha value is -4.17. The molecule has 0 spiro atoms. The minimum atomic E-state index is -0.619. The van der Waals surface area contributed by atoms with Crippen LogP contribution in [0.2, 0.25) is 0 Å². The van der Waals surface area contributed by atoms with Crippen LogP contribution >= 0.6 is 0 Å². The van der Waals surface area contributed by atoms with Crippen molar-refractivity contribution in [2.24, 2.45) is 5.92 Å². The van der Waals surface area contributed by atoms with Crippen LogP contribution in [0.1, 0.15) is 50.5 Å². The minimum absolute atomic E-state index is 0.0536. The summed E-state index contributed by atoms with van der Waals surface area (Å²) >= 11 is 0. The number of ether oxygens (including phenoxy) is 2. The predicted molar refractivity (Wildman–Crippen MR) is 186 cm³/mol. The standard InChI is InChI=1S/C39H40F2N6O2/c1-3-29-32(40)12-9-25-5-4-6-30(33(25)29)35-34(41)36-31(16-42-35)37(46-18-26-10-11-27(19-46)43-26)45-38(44-36)49-22-39-14-13-28(21-48-20-24-7-8-24)47(39)17-23(2)15-39/h1,4-6,9,12,16,24,26-28,43H,2,7-8,10-11,13-15,17-22H2/t26-,27+,28-,39-/m0/s1. The number of benzene rings is 2. The van der Waals surface area contributed by atoms with Crippen molar-refractivity contribution in [3.8, 4) is 29.6 Å². The Labute approximate surface area is 284 Å². The minimum Gasteiger partial charge on any atom is -0.461 e. The Morgan fingerprint density at radius 1 is 1.04 bits per heavy atom. The van der Waals surface area contributed by atoms with Gasteiger partial charge in [-0.1, -0.05) is 42.3 Å². The van der Waals surface area contributed by atoms with Gasteiger partial charge in [-0.3, -0.25) is 9.88 Å². The van der Waals surface area contributed by atoms with E-state index in [0.717, 1.165) is 64.3 Å². The molecule has 4 aromatic rings. The third kappa shape index (κ3) is 5.43. The third-order valence-electron chi connectivity index (χ3n) is 11.4. The summed E-state index contributed by atoms with van der Waals surface area (Å²) < 4.78 is 44.5. The van der Waals surface area contributed by atoms with Crippen LogP contribution in [0.15, 0.2) is 48.7 Å². The second kappa shape index (κ2) is 12.0. The van der Waals surface area contributed by atoms with Gasteiger partial charge in [0.1, 0.15) is 29.5 Å². The number of fused-ring (bicyclic) bond motifs is 5. The molecule has 2 bridgehead atoms. The van der Waals surface area contributed by atoms with Gasteiger partial charge < -0.3 is 19.7 Å². The number of pyridine rings is 1. The fourth-order valence-corrected chi connectivity index (χ4v) is 8.78. The highest BCUT2D eigenvalue weighted by Crippen LogP contribution is 2.45. The number of hydrogen-bond donors (Lipinski definition) is 1. The van der Waals surface area contributed by atoms with E-state index >= 15 is 4.39 Å². The maximum atomic E-state index is 16.9. The van der Waals surface area contributed by atoms with Crippen LogP contribution in [-0.2, 0) is 4.74 Å². The third-order valence-corrected chi connectivity index (χ3v) is 11.4. The average molecular weight is 663 g/mol. The molecule has 9 rings (SSSR count). The van der Waals surface area contributed by atoms with E-state index in [0.29, 0.717) is 58.9 Å². The SMILES string of the molecule is C#Cc1c(F)ccc2cccc(-c3ncc4c(N5C[C@H]6CC[C@@H](C5)N6)nc(OC[C@@]56CC[C@@H](COCC7CC7)N5CC(=C)C6)nc4c3F)c12. The Bertz CT molecular complexity index is 2010. The first kappa shape index (κ1) is 30.9. The van der Waals surface area contributed by atoms with Crippen molar-refractivity contribution in [2.75, 3.05) is 44.4 Å². The van der Waals surface area contributed by atoms with E-state index in [2.05, 4.69) is 32.6 Å². The zero-order chi connectivity index (χ0) is 33.3. The number of halogens is 2. The van der Waals surface area contributed by atoms with Crippen LogP contribution in [0, 0.1) is 29.9 Å². The number of nitrogens with zero attached hydrogens (tertiary/aromatic N) is 5. The van der Waals surface area contributed by atoms with Crippen LogP contribution in [0.3, 0.4) is 0 Å². The average Bonchev–Trinajstić information content (AvgIpc) is 3.68. The predicted octanol–water partition coefficient (Wildman–Crippen LogP) is 6.01. The first-order chi connectivity index (χ1) is 23.9. The Kier molecular flexibility index (Phi) is 7.56. The van der Waals surface area contributed by atoms with Gasteiger partial charge in [-0.2, -0.15) is 9.97 Å². The van der Waals surface area contributed by atoms with E-state index in [9.17, 15) is 4.39 Å². The molecule has 1 aliphatic carbocycles. The zero-order valence-corrected chi connectivity index (χ0v) is 27.6. The number of anilines is 1. The summed E-state index contributed by atoms with van der Waals surface area (Å²) in [7, 11) is 0. The highest BCUT2D eigenvalue weighted by atomic mass is 19.1. The first-order valence-electron chi connectivity index (χ1n) is 17.6. The van der Waals surface area contributed by atoms with Gasteiger partial charge in [0.25, 0.3) is 0 Å². The van der Waals surface area contributed by atoms with Crippen LogP contribution in [0.4, 0.5) is 14.6 Å². The van der Waals surface area contributed by atoms with Gasteiger partial charge >= 0.3 is 6.01 Å². The van der Waals surface area contributed by atoms with Gasteiger partial charge in [0, 0.05) is 61.5 Å². The molecule has 1 saturated carbocycles. The number of rotatable bonds is 9. The second-order valence-electron chi connectivity index (χ2n) is 14.8. The molecule has 2 aromatic heterocycles. The first-order valence-corrected chi connectivity index (χ1v) is 17.6. The maximum absolute atomic E-state index is 16.9. The zero-order valence-electron chi connectivity index (χ0n) is 27.6. The van der Waals surface area contributed by atoms with Gasteiger partial charge in [-0.15, -0.1) is 6.42 Å².